The first-order valence-electron chi connectivity index (χ1n) is 7.83. The topological polar surface area (TPSA) is 94.5 Å². The number of rotatable bonds is 4. The lowest BCUT2D eigenvalue weighted by Crippen LogP contribution is -2.14. The predicted octanol–water partition coefficient (Wildman–Crippen LogP) is 2.93. The van der Waals surface area contributed by atoms with Crippen molar-refractivity contribution in [1.29, 1.82) is 5.26 Å². The number of aromatic nitrogens is 3. The number of aromatic amines is 1. The van der Waals surface area contributed by atoms with Gasteiger partial charge < -0.3 is 10.3 Å². The van der Waals surface area contributed by atoms with E-state index in [0.717, 1.165) is 16.9 Å². The van der Waals surface area contributed by atoms with Crippen LogP contribution in [-0.4, -0.2) is 15.0 Å². The zero-order valence-corrected chi connectivity index (χ0v) is 14.0. The number of hydrogen-bond donors (Lipinski definition) is 2. The summed E-state index contributed by atoms with van der Waals surface area (Å²) in [6.07, 6.45) is 1.67. The molecule has 2 aromatic heterocycles. The monoisotopic (exact) mass is 331 g/mol. The Labute approximate surface area is 145 Å². The van der Waals surface area contributed by atoms with Crippen molar-refractivity contribution in [3.63, 3.8) is 0 Å². The highest BCUT2D eigenvalue weighted by Crippen LogP contribution is 2.16. The molecule has 0 aliphatic heterocycles. The molecule has 2 heterocycles. The maximum Gasteiger partial charge on any atom is 0.254 e. The average molecular weight is 331 g/mol. The molecule has 0 saturated carbocycles. The second-order valence-corrected chi connectivity index (χ2v) is 5.72. The SMILES string of the molecule is Cc1nc(-c2ccc(NCc3ccc(C#N)cc3)nc2)[nH]c(=O)c1C. The highest BCUT2D eigenvalue weighted by molar-refractivity contribution is 5.56. The number of benzene rings is 1. The maximum absolute atomic E-state index is 11.9. The van der Waals surface area contributed by atoms with Crippen LogP contribution in [0.2, 0.25) is 0 Å². The van der Waals surface area contributed by atoms with E-state index in [1.165, 1.54) is 0 Å². The van der Waals surface area contributed by atoms with E-state index in [1.54, 1.807) is 25.3 Å². The summed E-state index contributed by atoms with van der Waals surface area (Å²) < 4.78 is 0. The van der Waals surface area contributed by atoms with Gasteiger partial charge in [-0.3, -0.25) is 4.79 Å². The molecule has 25 heavy (non-hydrogen) atoms. The Morgan fingerprint density at radius 2 is 1.92 bits per heavy atom. The fourth-order valence-electron chi connectivity index (χ4n) is 2.31. The Kier molecular flexibility index (Phi) is 4.57. The number of anilines is 1. The van der Waals surface area contributed by atoms with E-state index in [-0.39, 0.29) is 5.56 Å². The molecule has 0 bridgehead atoms. The molecule has 0 aliphatic rings. The van der Waals surface area contributed by atoms with Gasteiger partial charge in [-0.25, -0.2) is 9.97 Å². The summed E-state index contributed by atoms with van der Waals surface area (Å²) >= 11 is 0. The Morgan fingerprint density at radius 3 is 2.52 bits per heavy atom. The second kappa shape index (κ2) is 6.97. The minimum Gasteiger partial charge on any atom is -0.366 e. The van der Waals surface area contributed by atoms with Crippen LogP contribution in [0.25, 0.3) is 11.4 Å². The Balaban J connectivity index is 1.72. The summed E-state index contributed by atoms with van der Waals surface area (Å²) in [5.74, 6) is 1.23. The molecule has 124 valence electrons. The summed E-state index contributed by atoms with van der Waals surface area (Å²) in [6, 6.07) is 13.2. The first kappa shape index (κ1) is 16.4. The van der Waals surface area contributed by atoms with Crippen LogP contribution in [0.15, 0.2) is 47.4 Å². The molecule has 6 nitrogen and oxygen atoms in total. The van der Waals surface area contributed by atoms with Crippen molar-refractivity contribution in [2.24, 2.45) is 0 Å². The van der Waals surface area contributed by atoms with Crippen molar-refractivity contribution in [2.75, 3.05) is 5.32 Å². The predicted molar refractivity (Wildman–Crippen MR) is 96.0 cm³/mol. The molecule has 0 atom stereocenters. The number of H-pyrrole nitrogens is 1. The summed E-state index contributed by atoms with van der Waals surface area (Å²) in [4.78, 5) is 23.4. The lowest BCUT2D eigenvalue weighted by atomic mass is 10.1. The van der Waals surface area contributed by atoms with Crippen LogP contribution in [-0.2, 0) is 6.54 Å². The average Bonchev–Trinajstić information content (AvgIpc) is 2.65. The van der Waals surface area contributed by atoms with Gasteiger partial charge in [-0.1, -0.05) is 12.1 Å². The third kappa shape index (κ3) is 3.72. The van der Waals surface area contributed by atoms with E-state index >= 15 is 0 Å². The van der Waals surface area contributed by atoms with Gasteiger partial charge in [0.1, 0.15) is 11.6 Å². The van der Waals surface area contributed by atoms with Gasteiger partial charge in [-0.05, 0) is 43.7 Å². The van der Waals surface area contributed by atoms with Crippen molar-refractivity contribution < 1.29 is 0 Å². The number of nitrogens with zero attached hydrogens (tertiary/aromatic N) is 3. The molecular formula is C19H17N5O. The minimum absolute atomic E-state index is 0.134. The van der Waals surface area contributed by atoms with E-state index in [2.05, 4.69) is 26.3 Å². The van der Waals surface area contributed by atoms with Crippen molar-refractivity contribution in [2.45, 2.75) is 20.4 Å². The third-order valence-electron chi connectivity index (χ3n) is 3.99. The van der Waals surface area contributed by atoms with Gasteiger partial charge in [-0.15, -0.1) is 0 Å². The fraction of sp³-hybridized carbons (Fsp3) is 0.158. The molecule has 6 heteroatoms. The quantitative estimate of drug-likeness (QED) is 0.766. The van der Waals surface area contributed by atoms with E-state index in [1.807, 2.05) is 31.2 Å². The minimum atomic E-state index is -0.134. The van der Waals surface area contributed by atoms with Gasteiger partial charge in [0.25, 0.3) is 5.56 Å². The van der Waals surface area contributed by atoms with E-state index < -0.39 is 0 Å². The van der Waals surface area contributed by atoms with Gasteiger partial charge >= 0.3 is 0 Å². The number of nitrogens with one attached hydrogen (secondary N) is 2. The Hall–Kier alpha value is -3.46. The van der Waals surface area contributed by atoms with Crippen molar-refractivity contribution >= 4 is 5.82 Å². The zero-order valence-electron chi connectivity index (χ0n) is 14.0. The summed E-state index contributed by atoms with van der Waals surface area (Å²) in [5.41, 5.74) is 3.65. The molecule has 3 rings (SSSR count). The summed E-state index contributed by atoms with van der Waals surface area (Å²) in [6.45, 7) is 4.17. The molecule has 2 N–H and O–H groups in total. The van der Waals surface area contributed by atoms with Crippen LogP contribution >= 0.6 is 0 Å². The number of pyridine rings is 1. The standard InChI is InChI=1S/C19H17N5O/c1-12-13(2)23-18(24-19(12)25)16-7-8-17(22-11-16)21-10-15-5-3-14(9-20)4-6-15/h3-8,11H,10H2,1-2H3,(H,21,22)(H,23,24,25). The van der Waals surface area contributed by atoms with Gasteiger partial charge in [0, 0.05) is 29.6 Å². The normalized spacial score (nSPS) is 10.3. The molecule has 1 aromatic carbocycles. The van der Waals surface area contributed by atoms with Crippen molar-refractivity contribution in [3.8, 4) is 17.5 Å². The van der Waals surface area contributed by atoms with Gasteiger partial charge in [0.05, 0.1) is 11.6 Å². The van der Waals surface area contributed by atoms with Crippen molar-refractivity contribution in [1.82, 2.24) is 15.0 Å². The van der Waals surface area contributed by atoms with Crippen molar-refractivity contribution in [3.05, 3.63) is 75.3 Å². The first-order valence-corrected chi connectivity index (χ1v) is 7.83. The zero-order chi connectivity index (χ0) is 17.8. The molecule has 0 spiro atoms. The third-order valence-corrected chi connectivity index (χ3v) is 3.99. The molecule has 0 radical (unpaired) electrons. The molecule has 3 aromatic rings. The van der Waals surface area contributed by atoms with Gasteiger partial charge in [0.2, 0.25) is 0 Å². The van der Waals surface area contributed by atoms with Crippen LogP contribution in [0.3, 0.4) is 0 Å². The van der Waals surface area contributed by atoms with Crippen LogP contribution in [0.1, 0.15) is 22.4 Å². The van der Waals surface area contributed by atoms with Crippen LogP contribution < -0.4 is 10.9 Å². The molecule has 0 unspecified atom stereocenters. The van der Waals surface area contributed by atoms with Crippen LogP contribution in [0, 0.1) is 25.2 Å². The highest BCUT2D eigenvalue weighted by Gasteiger charge is 2.06. The Bertz CT molecular complexity index is 982. The summed E-state index contributed by atoms with van der Waals surface area (Å²) in [7, 11) is 0. The largest absolute Gasteiger partial charge is 0.366 e. The number of hydrogen-bond acceptors (Lipinski definition) is 5. The smallest absolute Gasteiger partial charge is 0.254 e. The van der Waals surface area contributed by atoms with E-state index in [4.69, 9.17) is 5.26 Å². The lowest BCUT2D eigenvalue weighted by Gasteiger charge is -2.07. The maximum atomic E-state index is 11.9. The Morgan fingerprint density at radius 1 is 1.16 bits per heavy atom. The van der Waals surface area contributed by atoms with Gasteiger partial charge in [-0.2, -0.15) is 5.26 Å². The molecular weight excluding hydrogens is 314 g/mol. The highest BCUT2D eigenvalue weighted by atomic mass is 16.1. The van der Waals surface area contributed by atoms with Gasteiger partial charge in [0.15, 0.2) is 0 Å². The van der Waals surface area contributed by atoms with Crippen LogP contribution in [0.5, 0.6) is 0 Å². The lowest BCUT2D eigenvalue weighted by molar-refractivity contribution is 1.03. The molecule has 0 aliphatic carbocycles. The number of nitriles is 1. The second-order valence-electron chi connectivity index (χ2n) is 5.72. The van der Waals surface area contributed by atoms with E-state index in [9.17, 15) is 4.79 Å². The molecule has 0 saturated heterocycles. The first-order chi connectivity index (χ1) is 12.1. The fourth-order valence-corrected chi connectivity index (χ4v) is 2.31. The molecule has 0 amide bonds. The molecule has 0 fully saturated rings. The van der Waals surface area contributed by atoms with Crippen LogP contribution in [0.4, 0.5) is 5.82 Å². The summed E-state index contributed by atoms with van der Waals surface area (Å²) in [5, 5.41) is 12.0. The number of aryl methyl sites for hydroxylation is 1. The van der Waals surface area contributed by atoms with E-state index in [0.29, 0.717) is 29.2 Å².